The molecule has 0 N–H and O–H groups in total. The van der Waals surface area contributed by atoms with Crippen LogP contribution in [0.3, 0.4) is 0 Å². The maximum Gasteiger partial charge on any atom is 0.0541 e. The quantitative estimate of drug-likeness (QED) is 0.773. The molecule has 0 atom stereocenters. The summed E-state index contributed by atoms with van der Waals surface area (Å²) in [6, 6.07) is 6.40. The highest BCUT2D eigenvalue weighted by Crippen LogP contribution is 2.30. The number of likely N-dealkylation sites (N-methyl/N-ethyl adjacent to an activating group) is 1. The number of hydrogen-bond acceptors (Lipinski definition) is 2. The first-order valence-electron chi connectivity index (χ1n) is 5.37. The van der Waals surface area contributed by atoms with Crippen LogP contribution in [-0.2, 0) is 0 Å². The van der Waals surface area contributed by atoms with Gasteiger partial charge < -0.3 is 9.80 Å². The Balaban J connectivity index is 2.22. The number of piperazine rings is 1. The molecule has 1 aromatic carbocycles. The summed E-state index contributed by atoms with van der Waals surface area (Å²) in [6.07, 6.45) is 0. The Morgan fingerprint density at radius 3 is 2.40 bits per heavy atom. The Kier molecular flexibility index (Phi) is 3.32. The van der Waals surface area contributed by atoms with Gasteiger partial charge in [0.05, 0.1) is 5.69 Å². The maximum absolute atomic E-state index is 3.64. The molecule has 1 heterocycles. The Labute approximate surface area is 100 Å². The van der Waals surface area contributed by atoms with Gasteiger partial charge in [0.25, 0.3) is 0 Å². The molecule has 1 fully saturated rings. The summed E-state index contributed by atoms with van der Waals surface area (Å²) >= 11 is 3.64. The minimum Gasteiger partial charge on any atom is -0.368 e. The molecule has 82 valence electrons. The van der Waals surface area contributed by atoms with Gasteiger partial charge in [-0.2, -0.15) is 0 Å². The number of hydrogen-bond donors (Lipinski definition) is 0. The first-order chi connectivity index (χ1) is 7.18. The summed E-state index contributed by atoms with van der Waals surface area (Å²) in [7, 11) is 2.18. The highest BCUT2D eigenvalue weighted by molar-refractivity contribution is 9.10. The fourth-order valence-corrected chi connectivity index (χ4v) is 2.77. The lowest BCUT2D eigenvalue weighted by Crippen LogP contribution is -2.44. The van der Waals surface area contributed by atoms with Crippen molar-refractivity contribution in [3.05, 3.63) is 28.2 Å². The van der Waals surface area contributed by atoms with E-state index in [0.29, 0.717) is 0 Å². The van der Waals surface area contributed by atoms with Crippen LogP contribution >= 0.6 is 15.9 Å². The molecule has 0 aliphatic carbocycles. The van der Waals surface area contributed by atoms with Crippen molar-refractivity contribution in [1.29, 1.82) is 0 Å². The van der Waals surface area contributed by atoms with E-state index in [9.17, 15) is 0 Å². The van der Waals surface area contributed by atoms with E-state index in [1.807, 2.05) is 0 Å². The van der Waals surface area contributed by atoms with Crippen LogP contribution in [0.25, 0.3) is 0 Å². The first kappa shape index (κ1) is 11.0. The Morgan fingerprint density at radius 2 is 1.80 bits per heavy atom. The zero-order chi connectivity index (χ0) is 10.8. The molecule has 3 heteroatoms. The first-order valence-corrected chi connectivity index (χ1v) is 6.16. The molecule has 1 aliphatic rings. The molecule has 0 bridgehead atoms. The predicted octanol–water partition coefficient (Wildman–Crippen LogP) is 2.51. The summed E-state index contributed by atoms with van der Waals surface area (Å²) in [6.45, 7) is 6.74. The summed E-state index contributed by atoms with van der Waals surface area (Å²) in [4.78, 5) is 4.85. The van der Waals surface area contributed by atoms with Gasteiger partial charge >= 0.3 is 0 Å². The lowest BCUT2D eigenvalue weighted by Gasteiger charge is -2.35. The zero-order valence-electron chi connectivity index (χ0n) is 9.33. The number of halogens is 1. The SMILES string of the molecule is Cc1cccc(Br)c1N1CCN(C)CC1. The fraction of sp³-hybridized carbons (Fsp3) is 0.500. The standard InChI is InChI=1S/C12H17BrN2/c1-10-4-3-5-11(13)12(10)15-8-6-14(2)7-9-15/h3-5H,6-9H2,1-2H3. The largest absolute Gasteiger partial charge is 0.368 e. The minimum absolute atomic E-state index is 1.12. The predicted molar refractivity (Wildman–Crippen MR) is 68.6 cm³/mol. The third-order valence-corrected chi connectivity index (χ3v) is 3.65. The van der Waals surface area contributed by atoms with E-state index in [1.165, 1.54) is 15.7 Å². The third-order valence-electron chi connectivity index (χ3n) is 3.01. The summed E-state index contributed by atoms with van der Waals surface area (Å²) in [5.41, 5.74) is 2.72. The Hall–Kier alpha value is -0.540. The summed E-state index contributed by atoms with van der Waals surface area (Å²) in [5.74, 6) is 0. The van der Waals surface area contributed by atoms with E-state index >= 15 is 0 Å². The van der Waals surface area contributed by atoms with Crippen LogP contribution in [0.1, 0.15) is 5.56 Å². The van der Waals surface area contributed by atoms with Gasteiger partial charge in [-0.3, -0.25) is 0 Å². The van der Waals surface area contributed by atoms with Crippen LogP contribution in [0.5, 0.6) is 0 Å². The number of nitrogens with zero attached hydrogens (tertiary/aromatic N) is 2. The molecule has 15 heavy (non-hydrogen) atoms. The topological polar surface area (TPSA) is 6.48 Å². The average molecular weight is 269 g/mol. The Bertz CT molecular complexity index is 323. The van der Waals surface area contributed by atoms with E-state index in [0.717, 1.165) is 26.2 Å². The average Bonchev–Trinajstić information content (AvgIpc) is 2.20. The van der Waals surface area contributed by atoms with Crippen LogP contribution in [0.4, 0.5) is 5.69 Å². The molecule has 2 rings (SSSR count). The fourth-order valence-electron chi connectivity index (χ4n) is 2.05. The second kappa shape index (κ2) is 4.54. The highest BCUT2D eigenvalue weighted by Gasteiger charge is 2.17. The molecule has 0 amide bonds. The van der Waals surface area contributed by atoms with Gasteiger partial charge in [-0.15, -0.1) is 0 Å². The van der Waals surface area contributed by atoms with Gasteiger partial charge in [0, 0.05) is 30.7 Å². The number of rotatable bonds is 1. The lowest BCUT2D eigenvalue weighted by atomic mass is 10.1. The van der Waals surface area contributed by atoms with Crippen molar-refractivity contribution < 1.29 is 0 Å². The van der Waals surface area contributed by atoms with E-state index in [1.54, 1.807) is 0 Å². The minimum atomic E-state index is 1.12. The van der Waals surface area contributed by atoms with Gasteiger partial charge in [-0.1, -0.05) is 12.1 Å². The summed E-state index contributed by atoms with van der Waals surface area (Å²) in [5, 5.41) is 0. The molecule has 2 nitrogen and oxygen atoms in total. The number of aryl methyl sites for hydroxylation is 1. The van der Waals surface area contributed by atoms with Crippen LogP contribution in [-0.4, -0.2) is 38.1 Å². The van der Waals surface area contributed by atoms with Gasteiger partial charge in [0.1, 0.15) is 0 Å². The van der Waals surface area contributed by atoms with Gasteiger partial charge in [-0.25, -0.2) is 0 Å². The van der Waals surface area contributed by atoms with Crippen molar-refractivity contribution in [2.24, 2.45) is 0 Å². The van der Waals surface area contributed by atoms with Crippen molar-refractivity contribution in [3.8, 4) is 0 Å². The zero-order valence-corrected chi connectivity index (χ0v) is 10.9. The maximum atomic E-state index is 3.64. The van der Waals surface area contributed by atoms with E-state index in [-0.39, 0.29) is 0 Å². The van der Waals surface area contributed by atoms with E-state index in [2.05, 4.69) is 57.9 Å². The van der Waals surface area contributed by atoms with Crippen LogP contribution in [0.2, 0.25) is 0 Å². The van der Waals surface area contributed by atoms with E-state index in [4.69, 9.17) is 0 Å². The van der Waals surface area contributed by atoms with E-state index < -0.39 is 0 Å². The van der Waals surface area contributed by atoms with Crippen LogP contribution in [0, 0.1) is 6.92 Å². The molecule has 0 aromatic heterocycles. The number of anilines is 1. The molecule has 0 spiro atoms. The van der Waals surface area contributed by atoms with Gasteiger partial charge in [0.2, 0.25) is 0 Å². The van der Waals surface area contributed by atoms with Crippen molar-refractivity contribution in [3.63, 3.8) is 0 Å². The molecule has 0 saturated carbocycles. The van der Waals surface area contributed by atoms with Crippen molar-refractivity contribution in [2.75, 3.05) is 38.1 Å². The molecule has 0 radical (unpaired) electrons. The Morgan fingerprint density at radius 1 is 1.13 bits per heavy atom. The monoisotopic (exact) mass is 268 g/mol. The normalized spacial score (nSPS) is 18.2. The van der Waals surface area contributed by atoms with Gasteiger partial charge in [-0.05, 0) is 41.5 Å². The second-order valence-electron chi connectivity index (χ2n) is 4.20. The third kappa shape index (κ3) is 2.34. The molecule has 1 aliphatic heterocycles. The van der Waals surface area contributed by atoms with Crippen molar-refractivity contribution >= 4 is 21.6 Å². The number of benzene rings is 1. The smallest absolute Gasteiger partial charge is 0.0541 e. The molecular weight excluding hydrogens is 252 g/mol. The summed E-state index contributed by atoms with van der Waals surface area (Å²) < 4.78 is 1.21. The van der Waals surface area contributed by atoms with Gasteiger partial charge in [0.15, 0.2) is 0 Å². The molecule has 1 aromatic rings. The highest BCUT2D eigenvalue weighted by atomic mass is 79.9. The lowest BCUT2D eigenvalue weighted by molar-refractivity contribution is 0.312. The van der Waals surface area contributed by atoms with Crippen molar-refractivity contribution in [2.45, 2.75) is 6.92 Å². The van der Waals surface area contributed by atoms with Crippen LogP contribution in [0.15, 0.2) is 22.7 Å². The molecule has 1 saturated heterocycles. The van der Waals surface area contributed by atoms with Crippen molar-refractivity contribution in [1.82, 2.24) is 4.90 Å². The second-order valence-corrected chi connectivity index (χ2v) is 5.05. The van der Waals surface area contributed by atoms with Crippen LogP contribution < -0.4 is 4.90 Å². The molecule has 0 unspecified atom stereocenters. The molecular formula is C12H17BrN2. The number of para-hydroxylation sites is 1.